The quantitative estimate of drug-likeness (QED) is 0.921. The number of nitriles is 1. The summed E-state index contributed by atoms with van der Waals surface area (Å²) in [5.41, 5.74) is 1.52. The summed E-state index contributed by atoms with van der Waals surface area (Å²) < 4.78 is 27.7. The first-order valence-corrected chi connectivity index (χ1v) is 8.00. The van der Waals surface area contributed by atoms with Crippen molar-refractivity contribution >= 4 is 31.6 Å². The zero-order chi connectivity index (χ0) is 14.8. The molecule has 2 aromatic carbocycles. The zero-order valence-corrected chi connectivity index (χ0v) is 13.0. The molecule has 6 heteroatoms. The third-order valence-corrected chi connectivity index (χ3v) is 4.91. The second-order valence-electron chi connectivity index (χ2n) is 4.18. The molecule has 0 saturated heterocycles. The molecular weight excluding hydrogens is 340 g/mol. The van der Waals surface area contributed by atoms with E-state index < -0.39 is 10.0 Å². The molecule has 0 unspecified atom stereocenters. The summed E-state index contributed by atoms with van der Waals surface area (Å²) in [7, 11) is -3.65. The van der Waals surface area contributed by atoms with Crippen LogP contribution in [0.5, 0.6) is 0 Å². The summed E-state index contributed by atoms with van der Waals surface area (Å²) in [6.07, 6.45) is 0. The fourth-order valence-electron chi connectivity index (χ4n) is 1.73. The van der Waals surface area contributed by atoms with Gasteiger partial charge in [-0.1, -0.05) is 18.2 Å². The van der Waals surface area contributed by atoms with Crippen molar-refractivity contribution in [3.8, 4) is 6.07 Å². The predicted molar refractivity (Wildman–Crippen MR) is 80.8 cm³/mol. The summed E-state index contributed by atoms with van der Waals surface area (Å²) in [6, 6.07) is 13.4. The molecule has 0 amide bonds. The van der Waals surface area contributed by atoms with Gasteiger partial charge in [0.1, 0.15) is 0 Å². The molecule has 20 heavy (non-hydrogen) atoms. The number of aryl methyl sites for hydroxylation is 1. The molecule has 0 aliphatic rings. The van der Waals surface area contributed by atoms with E-state index >= 15 is 0 Å². The number of hydrogen-bond acceptors (Lipinski definition) is 3. The fourth-order valence-corrected chi connectivity index (χ4v) is 3.66. The third kappa shape index (κ3) is 3.00. The SMILES string of the molecule is Cc1ccccc1S(=O)(=O)Nc1ccc(C#N)cc1Br. The average Bonchev–Trinajstić information content (AvgIpc) is 2.41. The molecule has 0 aliphatic carbocycles. The van der Waals surface area contributed by atoms with Crippen LogP contribution in [0.25, 0.3) is 0 Å². The molecule has 0 atom stereocenters. The van der Waals surface area contributed by atoms with Crippen molar-refractivity contribution < 1.29 is 8.42 Å². The van der Waals surface area contributed by atoms with Crippen LogP contribution in [-0.2, 0) is 10.0 Å². The number of anilines is 1. The van der Waals surface area contributed by atoms with Gasteiger partial charge in [-0.25, -0.2) is 8.42 Å². The Morgan fingerprint density at radius 3 is 2.50 bits per heavy atom. The molecule has 1 N–H and O–H groups in total. The number of nitrogens with one attached hydrogen (secondary N) is 1. The maximum atomic E-state index is 12.3. The second kappa shape index (κ2) is 5.65. The van der Waals surface area contributed by atoms with E-state index in [1.807, 2.05) is 6.07 Å². The van der Waals surface area contributed by atoms with E-state index in [1.54, 1.807) is 49.4 Å². The number of rotatable bonds is 3. The highest BCUT2D eigenvalue weighted by molar-refractivity contribution is 9.10. The summed E-state index contributed by atoms with van der Waals surface area (Å²) >= 11 is 3.25. The molecule has 0 heterocycles. The molecule has 0 bridgehead atoms. The maximum absolute atomic E-state index is 12.3. The Morgan fingerprint density at radius 1 is 1.20 bits per heavy atom. The van der Waals surface area contributed by atoms with Crippen molar-refractivity contribution in [3.63, 3.8) is 0 Å². The van der Waals surface area contributed by atoms with Crippen LogP contribution < -0.4 is 4.72 Å². The molecule has 0 aromatic heterocycles. The molecule has 0 saturated carbocycles. The van der Waals surface area contributed by atoms with E-state index in [1.165, 1.54) is 0 Å². The van der Waals surface area contributed by atoms with Crippen molar-refractivity contribution in [2.75, 3.05) is 4.72 Å². The molecule has 0 spiro atoms. The molecule has 4 nitrogen and oxygen atoms in total. The monoisotopic (exact) mass is 350 g/mol. The number of hydrogen-bond donors (Lipinski definition) is 1. The second-order valence-corrected chi connectivity index (χ2v) is 6.68. The Bertz CT molecular complexity index is 795. The molecule has 2 aromatic rings. The Kier molecular flexibility index (Phi) is 4.12. The van der Waals surface area contributed by atoms with Crippen LogP contribution in [0, 0.1) is 18.3 Å². The van der Waals surface area contributed by atoms with E-state index in [0.717, 1.165) is 0 Å². The standard InChI is InChI=1S/C14H11BrN2O2S/c1-10-4-2-3-5-14(10)20(18,19)17-13-7-6-11(9-16)8-12(13)15/h2-8,17H,1H3. The number of sulfonamides is 1. The Hall–Kier alpha value is -1.84. The van der Waals surface area contributed by atoms with Gasteiger partial charge in [0.2, 0.25) is 0 Å². The molecular formula is C14H11BrN2O2S. The molecule has 0 fully saturated rings. The van der Waals surface area contributed by atoms with Crippen LogP contribution in [0.1, 0.15) is 11.1 Å². The minimum Gasteiger partial charge on any atom is -0.278 e. The lowest BCUT2D eigenvalue weighted by Gasteiger charge is -2.11. The highest BCUT2D eigenvalue weighted by Crippen LogP contribution is 2.26. The number of nitrogens with zero attached hydrogens (tertiary/aromatic N) is 1. The highest BCUT2D eigenvalue weighted by Gasteiger charge is 2.17. The minimum atomic E-state index is -3.65. The fraction of sp³-hybridized carbons (Fsp3) is 0.0714. The van der Waals surface area contributed by atoms with Gasteiger partial charge < -0.3 is 0 Å². The average molecular weight is 351 g/mol. The normalized spacial score (nSPS) is 10.8. The smallest absolute Gasteiger partial charge is 0.262 e. The van der Waals surface area contributed by atoms with Gasteiger partial charge >= 0.3 is 0 Å². The van der Waals surface area contributed by atoms with Gasteiger partial charge in [0.05, 0.1) is 22.2 Å². The van der Waals surface area contributed by atoms with Crippen molar-refractivity contribution in [1.82, 2.24) is 0 Å². The van der Waals surface area contributed by atoms with Gasteiger partial charge in [0.25, 0.3) is 10.0 Å². The first-order valence-electron chi connectivity index (χ1n) is 5.72. The van der Waals surface area contributed by atoms with Crippen LogP contribution in [0.4, 0.5) is 5.69 Å². The van der Waals surface area contributed by atoms with Gasteiger partial charge in [0, 0.05) is 4.47 Å². The van der Waals surface area contributed by atoms with E-state index in [4.69, 9.17) is 5.26 Å². The lowest BCUT2D eigenvalue weighted by atomic mass is 10.2. The summed E-state index contributed by atoms with van der Waals surface area (Å²) in [6.45, 7) is 1.74. The number of benzene rings is 2. The van der Waals surface area contributed by atoms with Gasteiger partial charge in [-0.2, -0.15) is 5.26 Å². The topological polar surface area (TPSA) is 70.0 Å². The zero-order valence-electron chi connectivity index (χ0n) is 10.6. The van der Waals surface area contributed by atoms with Gasteiger partial charge in [0.15, 0.2) is 0 Å². The van der Waals surface area contributed by atoms with Crippen LogP contribution in [0.15, 0.2) is 51.8 Å². The maximum Gasteiger partial charge on any atom is 0.262 e. The van der Waals surface area contributed by atoms with Gasteiger partial charge in [-0.15, -0.1) is 0 Å². The Balaban J connectivity index is 2.40. The van der Waals surface area contributed by atoms with Crippen molar-refractivity contribution in [2.24, 2.45) is 0 Å². The Labute approximate surface area is 126 Å². The van der Waals surface area contributed by atoms with Crippen LogP contribution in [-0.4, -0.2) is 8.42 Å². The van der Waals surface area contributed by atoms with Gasteiger partial charge in [-0.3, -0.25) is 4.72 Å². The Morgan fingerprint density at radius 2 is 1.90 bits per heavy atom. The summed E-state index contributed by atoms with van der Waals surface area (Å²) in [4.78, 5) is 0.233. The predicted octanol–water partition coefficient (Wildman–Crippen LogP) is 3.43. The largest absolute Gasteiger partial charge is 0.278 e. The van der Waals surface area contributed by atoms with E-state index in [0.29, 0.717) is 21.3 Å². The van der Waals surface area contributed by atoms with Crippen molar-refractivity contribution in [3.05, 3.63) is 58.1 Å². The van der Waals surface area contributed by atoms with E-state index in [-0.39, 0.29) is 4.90 Å². The van der Waals surface area contributed by atoms with Crippen LogP contribution >= 0.6 is 15.9 Å². The van der Waals surface area contributed by atoms with Crippen molar-refractivity contribution in [1.29, 1.82) is 5.26 Å². The first kappa shape index (κ1) is 14.6. The lowest BCUT2D eigenvalue weighted by molar-refractivity contribution is 0.600. The van der Waals surface area contributed by atoms with E-state index in [2.05, 4.69) is 20.7 Å². The minimum absolute atomic E-state index is 0.233. The van der Waals surface area contributed by atoms with Crippen molar-refractivity contribution in [2.45, 2.75) is 11.8 Å². The molecule has 0 aliphatic heterocycles. The highest BCUT2D eigenvalue weighted by atomic mass is 79.9. The molecule has 0 radical (unpaired) electrons. The summed E-state index contributed by atoms with van der Waals surface area (Å²) in [5.74, 6) is 0. The molecule has 102 valence electrons. The lowest BCUT2D eigenvalue weighted by Crippen LogP contribution is -2.14. The van der Waals surface area contributed by atoms with E-state index in [9.17, 15) is 8.42 Å². The van der Waals surface area contributed by atoms with Gasteiger partial charge in [-0.05, 0) is 52.7 Å². The van der Waals surface area contributed by atoms with Crippen LogP contribution in [0.3, 0.4) is 0 Å². The third-order valence-electron chi connectivity index (χ3n) is 2.73. The molecule has 2 rings (SSSR count). The first-order chi connectivity index (χ1) is 9.44. The number of halogens is 1. The van der Waals surface area contributed by atoms with Crippen LogP contribution in [0.2, 0.25) is 0 Å². The summed E-state index contributed by atoms with van der Waals surface area (Å²) in [5, 5.41) is 8.79.